The Morgan fingerprint density at radius 1 is 1.38 bits per heavy atom. The van der Waals surface area contributed by atoms with E-state index in [1.165, 1.54) is 0 Å². The van der Waals surface area contributed by atoms with Crippen LogP contribution in [0.4, 0.5) is 15.8 Å². The van der Waals surface area contributed by atoms with Gasteiger partial charge in [0.1, 0.15) is 12.5 Å². The number of nitrogens with zero attached hydrogens (tertiary/aromatic N) is 2. The Hall–Kier alpha value is -2.08. The maximum Gasteiger partial charge on any atom is 0.197 e. The summed E-state index contributed by atoms with van der Waals surface area (Å²) in [6.45, 7) is 9.96. The minimum atomic E-state index is -0.282. The average Bonchev–Trinajstić information content (AvgIpc) is 2.99. The van der Waals surface area contributed by atoms with E-state index >= 15 is 4.39 Å². The molecule has 0 amide bonds. The van der Waals surface area contributed by atoms with Crippen LogP contribution >= 0.6 is 0 Å². The van der Waals surface area contributed by atoms with Gasteiger partial charge in [-0.2, -0.15) is 0 Å². The molecule has 0 radical (unpaired) electrons. The molecule has 1 fully saturated rings. The Kier molecular flexibility index (Phi) is 3.99. The standard InChI is InChI=1S/C20H26FN3O2/c1-5-25-17-6-8-22-12-24(17)16-10-13-15(11-14(16)21)23-19(2,3)18-20(13,4)7-9-26-18/h6,8,10-11,18,23H,5,7,9,12H2,1-4H3. The Balaban J connectivity index is 1.81. The van der Waals surface area contributed by atoms with Crippen molar-refractivity contribution in [1.82, 2.24) is 0 Å². The van der Waals surface area contributed by atoms with Gasteiger partial charge in [0, 0.05) is 30.0 Å². The summed E-state index contributed by atoms with van der Waals surface area (Å²) in [5.74, 6) is 0.338. The zero-order valence-electron chi connectivity index (χ0n) is 15.8. The van der Waals surface area contributed by atoms with Crippen LogP contribution in [0.15, 0.2) is 29.1 Å². The topological polar surface area (TPSA) is 46.1 Å². The zero-order valence-corrected chi connectivity index (χ0v) is 15.8. The van der Waals surface area contributed by atoms with Gasteiger partial charge < -0.3 is 14.8 Å². The van der Waals surface area contributed by atoms with Gasteiger partial charge in [-0.1, -0.05) is 6.92 Å². The van der Waals surface area contributed by atoms with Crippen LogP contribution in [0.3, 0.4) is 0 Å². The Bertz CT molecular complexity index is 790. The second kappa shape index (κ2) is 5.98. The van der Waals surface area contributed by atoms with Crippen molar-refractivity contribution in [3.05, 3.63) is 35.5 Å². The van der Waals surface area contributed by atoms with E-state index in [2.05, 4.69) is 31.1 Å². The molecule has 0 bridgehead atoms. The number of aliphatic imine (C=N–C) groups is 1. The van der Waals surface area contributed by atoms with Gasteiger partial charge in [0.05, 0.1) is 23.9 Å². The van der Waals surface area contributed by atoms with Crippen molar-refractivity contribution in [2.45, 2.75) is 51.2 Å². The Labute approximate surface area is 153 Å². The number of halogens is 1. The first-order valence-corrected chi connectivity index (χ1v) is 9.21. The summed E-state index contributed by atoms with van der Waals surface area (Å²) in [7, 11) is 0. The number of hydrogen-bond donors (Lipinski definition) is 1. The van der Waals surface area contributed by atoms with Gasteiger partial charge in [0.2, 0.25) is 0 Å². The number of fused-ring (bicyclic) bond motifs is 3. The van der Waals surface area contributed by atoms with E-state index in [1.54, 1.807) is 23.3 Å². The van der Waals surface area contributed by atoms with Crippen molar-refractivity contribution in [2.75, 3.05) is 30.1 Å². The highest BCUT2D eigenvalue weighted by molar-refractivity contribution is 5.76. The molecule has 0 aromatic heterocycles. The monoisotopic (exact) mass is 359 g/mol. The average molecular weight is 359 g/mol. The van der Waals surface area contributed by atoms with Crippen LogP contribution in [-0.2, 0) is 14.9 Å². The molecule has 1 N–H and O–H groups in total. The lowest BCUT2D eigenvalue weighted by atomic mass is 9.67. The van der Waals surface area contributed by atoms with E-state index in [9.17, 15) is 0 Å². The van der Waals surface area contributed by atoms with Crippen LogP contribution in [0, 0.1) is 5.82 Å². The smallest absolute Gasteiger partial charge is 0.197 e. The predicted molar refractivity (Wildman–Crippen MR) is 101 cm³/mol. The minimum absolute atomic E-state index is 0.0436. The van der Waals surface area contributed by atoms with Gasteiger partial charge >= 0.3 is 0 Å². The lowest BCUT2D eigenvalue weighted by molar-refractivity contribution is 0.0352. The van der Waals surface area contributed by atoms with Crippen LogP contribution in [-0.4, -0.2) is 37.7 Å². The van der Waals surface area contributed by atoms with Crippen molar-refractivity contribution in [2.24, 2.45) is 4.99 Å². The second-order valence-corrected chi connectivity index (χ2v) is 7.95. The van der Waals surface area contributed by atoms with Crippen molar-refractivity contribution in [3.8, 4) is 0 Å². The number of benzene rings is 1. The number of rotatable bonds is 3. The predicted octanol–water partition coefficient (Wildman–Crippen LogP) is 3.80. The molecule has 6 heteroatoms. The van der Waals surface area contributed by atoms with E-state index in [0.717, 1.165) is 24.3 Å². The summed E-state index contributed by atoms with van der Waals surface area (Å²) in [6, 6.07) is 3.55. The Morgan fingerprint density at radius 3 is 2.96 bits per heavy atom. The number of hydrogen-bond acceptors (Lipinski definition) is 5. The van der Waals surface area contributed by atoms with E-state index in [0.29, 0.717) is 24.8 Å². The summed E-state index contributed by atoms with van der Waals surface area (Å²) in [5.41, 5.74) is 2.04. The molecule has 0 aliphatic carbocycles. The maximum atomic E-state index is 15.0. The summed E-state index contributed by atoms with van der Waals surface area (Å²) < 4.78 is 26.8. The molecule has 3 aliphatic heterocycles. The van der Waals surface area contributed by atoms with Crippen molar-refractivity contribution < 1.29 is 13.9 Å². The minimum Gasteiger partial charge on any atom is -0.479 e. The molecule has 26 heavy (non-hydrogen) atoms. The van der Waals surface area contributed by atoms with Gasteiger partial charge in [-0.3, -0.25) is 9.89 Å². The third kappa shape index (κ3) is 2.50. The molecule has 1 saturated heterocycles. The van der Waals surface area contributed by atoms with Crippen LogP contribution in [0.5, 0.6) is 0 Å². The highest BCUT2D eigenvalue weighted by Gasteiger charge is 2.53. The number of ether oxygens (including phenoxy) is 2. The molecule has 1 aromatic carbocycles. The molecule has 140 valence electrons. The molecule has 3 heterocycles. The fourth-order valence-corrected chi connectivity index (χ4v) is 4.62. The van der Waals surface area contributed by atoms with Crippen molar-refractivity contribution in [1.29, 1.82) is 0 Å². The Morgan fingerprint density at radius 2 is 2.19 bits per heavy atom. The van der Waals surface area contributed by atoms with Crippen molar-refractivity contribution >= 4 is 17.6 Å². The molecule has 1 aromatic rings. The fourth-order valence-electron chi connectivity index (χ4n) is 4.62. The first-order chi connectivity index (χ1) is 12.4. The molecule has 4 rings (SSSR count). The molecule has 2 atom stereocenters. The highest BCUT2D eigenvalue weighted by Crippen LogP contribution is 2.51. The number of allylic oxidation sites excluding steroid dienone is 1. The van der Waals surface area contributed by atoms with E-state index in [-0.39, 0.29) is 22.9 Å². The van der Waals surface area contributed by atoms with E-state index in [1.807, 2.05) is 13.0 Å². The SMILES string of the molecule is CCOC1=CC=NCN1c1cc2c(cc1F)NC(C)(C)C1OCCC21C. The van der Waals surface area contributed by atoms with Gasteiger partial charge in [0.25, 0.3) is 0 Å². The second-order valence-electron chi connectivity index (χ2n) is 7.95. The molecule has 2 unspecified atom stereocenters. The lowest BCUT2D eigenvalue weighted by Crippen LogP contribution is -2.56. The summed E-state index contributed by atoms with van der Waals surface area (Å²) in [5, 5.41) is 3.48. The van der Waals surface area contributed by atoms with Gasteiger partial charge in [-0.05, 0) is 44.9 Å². The quantitative estimate of drug-likeness (QED) is 0.892. The van der Waals surface area contributed by atoms with Crippen LogP contribution < -0.4 is 10.2 Å². The van der Waals surface area contributed by atoms with Gasteiger partial charge in [-0.15, -0.1) is 0 Å². The van der Waals surface area contributed by atoms with Gasteiger partial charge in [-0.25, -0.2) is 4.39 Å². The normalized spacial score (nSPS) is 28.9. The number of anilines is 2. The largest absolute Gasteiger partial charge is 0.479 e. The maximum absolute atomic E-state index is 15.0. The van der Waals surface area contributed by atoms with Crippen LogP contribution in [0.25, 0.3) is 0 Å². The molecular weight excluding hydrogens is 333 g/mol. The summed E-state index contributed by atoms with van der Waals surface area (Å²) in [4.78, 5) is 6.05. The van der Waals surface area contributed by atoms with Crippen LogP contribution in [0.1, 0.15) is 39.7 Å². The summed E-state index contributed by atoms with van der Waals surface area (Å²) >= 11 is 0. The molecule has 0 saturated carbocycles. The molecule has 5 nitrogen and oxygen atoms in total. The fraction of sp³-hybridized carbons (Fsp3) is 0.550. The first kappa shape index (κ1) is 17.3. The highest BCUT2D eigenvalue weighted by atomic mass is 19.1. The lowest BCUT2D eigenvalue weighted by Gasteiger charge is -2.48. The van der Waals surface area contributed by atoms with Gasteiger partial charge in [0.15, 0.2) is 5.88 Å². The van der Waals surface area contributed by atoms with Crippen molar-refractivity contribution in [3.63, 3.8) is 0 Å². The number of nitrogens with one attached hydrogen (secondary N) is 1. The van der Waals surface area contributed by atoms with E-state index in [4.69, 9.17) is 9.47 Å². The third-order valence-electron chi connectivity index (χ3n) is 5.69. The first-order valence-electron chi connectivity index (χ1n) is 9.21. The molecule has 0 spiro atoms. The molecular formula is C20H26FN3O2. The van der Waals surface area contributed by atoms with Crippen LogP contribution in [0.2, 0.25) is 0 Å². The third-order valence-corrected chi connectivity index (χ3v) is 5.69. The zero-order chi connectivity index (χ0) is 18.5. The summed E-state index contributed by atoms with van der Waals surface area (Å²) in [6.07, 6.45) is 4.44. The van der Waals surface area contributed by atoms with E-state index < -0.39 is 0 Å². The molecule has 3 aliphatic rings.